The van der Waals surface area contributed by atoms with Crippen LogP contribution in [-0.2, 0) is 6.54 Å². The lowest BCUT2D eigenvalue weighted by Crippen LogP contribution is -2.09. The highest BCUT2D eigenvalue weighted by atomic mass is 79.9. The fourth-order valence-electron chi connectivity index (χ4n) is 0.794. The molecule has 1 rings (SSSR count). The molecule has 0 aliphatic carbocycles. The molecule has 1 nitrogen and oxygen atoms in total. The van der Waals surface area contributed by atoms with Gasteiger partial charge >= 0.3 is 0 Å². The van der Waals surface area contributed by atoms with E-state index in [9.17, 15) is 0 Å². The van der Waals surface area contributed by atoms with E-state index < -0.39 is 0 Å². The van der Waals surface area contributed by atoms with Crippen LogP contribution in [0.15, 0.2) is 28.7 Å². The van der Waals surface area contributed by atoms with E-state index in [1.807, 2.05) is 12.1 Å². The van der Waals surface area contributed by atoms with Crippen LogP contribution in [0.1, 0.15) is 5.56 Å². The molecule has 0 aromatic heterocycles. The van der Waals surface area contributed by atoms with Gasteiger partial charge in [0.1, 0.15) is 0 Å². The summed E-state index contributed by atoms with van der Waals surface area (Å²) in [7, 11) is 0. The van der Waals surface area contributed by atoms with Gasteiger partial charge in [-0.3, -0.25) is 5.32 Å². The fraction of sp³-hybridized carbons (Fsp3) is 0.250. The van der Waals surface area contributed by atoms with Crippen LogP contribution < -0.4 is 5.32 Å². The topological polar surface area (TPSA) is 12.0 Å². The largest absolute Gasteiger partial charge is 0.300 e. The maximum absolute atomic E-state index is 5.46. The van der Waals surface area contributed by atoms with Crippen LogP contribution in [-0.4, -0.2) is 6.00 Å². The second-order valence-electron chi connectivity index (χ2n) is 2.19. The van der Waals surface area contributed by atoms with Crippen LogP contribution in [0.3, 0.4) is 0 Å². The molecule has 0 spiro atoms. The van der Waals surface area contributed by atoms with E-state index in [-0.39, 0.29) is 0 Å². The van der Waals surface area contributed by atoms with Gasteiger partial charge in [0.05, 0.1) is 6.00 Å². The zero-order valence-corrected chi connectivity index (χ0v) is 8.32. The van der Waals surface area contributed by atoms with Crippen molar-refractivity contribution in [2.24, 2.45) is 0 Å². The van der Waals surface area contributed by atoms with Gasteiger partial charge in [-0.1, -0.05) is 28.1 Å². The summed E-state index contributed by atoms with van der Waals surface area (Å²) in [5.41, 5.74) is 1.24. The highest BCUT2D eigenvalue weighted by molar-refractivity contribution is 9.10. The van der Waals surface area contributed by atoms with Crippen LogP contribution >= 0.6 is 27.5 Å². The molecule has 1 aromatic rings. The van der Waals surface area contributed by atoms with Gasteiger partial charge in [0.2, 0.25) is 0 Å². The van der Waals surface area contributed by atoms with Crippen LogP contribution in [0.25, 0.3) is 0 Å². The summed E-state index contributed by atoms with van der Waals surface area (Å²) in [5.74, 6) is 0. The number of halogens is 2. The second kappa shape index (κ2) is 4.75. The first-order valence-corrected chi connectivity index (χ1v) is 4.67. The summed E-state index contributed by atoms with van der Waals surface area (Å²) in [5, 5.41) is 3.03. The first-order chi connectivity index (χ1) is 5.33. The molecule has 0 bridgehead atoms. The third-order valence-corrected chi connectivity index (χ3v) is 2.05. The van der Waals surface area contributed by atoms with Crippen molar-refractivity contribution < 1.29 is 0 Å². The summed E-state index contributed by atoms with van der Waals surface area (Å²) in [6, 6.07) is 8.65. The zero-order valence-electron chi connectivity index (χ0n) is 5.98. The smallest absolute Gasteiger partial charge is 0.0716 e. The third-order valence-electron chi connectivity index (χ3n) is 1.34. The number of rotatable bonds is 3. The van der Waals surface area contributed by atoms with Crippen molar-refractivity contribution in [1.82, 2.24) is 5.32 Å². The van der Waals surface area contributed by atoms with Crippen molar-refractivity contribution in [3.05, 3.63) is 34.3 Å². The van der Waals surface area contributed by atoms with Gasteiger partial charge in [0.15, 0.2) is 0 Å². The minimum absolute atomic E-state index is 0.496. The molecule has 0 heterocycles. The van der Waals surface area contributed by atoms with Gasteiger partial charge in [-0.25, -0.2) is 0 Å². The van der Waals surface area contributed by atoms with Crippen molar-refractivity contribution in [3.63, 3.8) is 0 Å². The molecule has 0 amide bonds. The zero-order chi connectivity index (χ0) is 8.10. The molecule has 0 unspecified atom stereocenters. The Kier molecular flexibility index (Phi) is 3.91. The Hall–Kier alpha value is -0.0500. The molecular formula is C8H9BrClN. The average molecular weight is 235 g/mol. The van der Waals surface area contributed by atoms with Crippen LogP contribution in [0, 0.1) is 0 Å². The molecular weight excluding hydrogens is 225 g/mol. The van der Waals surface area contributed by atoms with Crippen LogP contribution in [0.4, 0.5) is 0 Å². The minimum Gasteiger partial charge on any atom is -0.300 e. The highest BCUT2D eigenvalue weighted by Gasteiger charge is 1.90. The van der Waals surface area contributed by atoms with Crippen molar-refractivity contribution in [3.8, 4) is 0 Å². The molecule has 0 saturated carbocycles. The van der Waals surface area contributed by atoms with Gasteiger partial charge in [0, 0.05) is 11.0 Å². The number of hydrogen-bond acceptors (Lipinski definition) is 1. The van der Waals surface area contributed by atoms with Crippen molar-refractivity contribution in [1.29, 1.82) is 0 Å². The summed E-state index contributed by atoms with van der Waals surface area (Å²) in [6.45, 7) is 0.830. The normalized spacial score (nSPS) is 10.0. The molecule has 0 fully saturated rings. The first kappa shape index (κ1) is 9.04. The minimum atomic E-state index is 0.496. The maximum Gasteiger partial charge on any atom is 0.0716 e. The molecule has 1 aromatic carbocycles. The Balaban J connectivity index is 2.52. The fourth-order valence-corrected chi connectivity index (χ4v) is 1.15. The summed E-state index contributed by atoms with van der Waals surface area (Å²) < 4.78 is 1.10. The Labute approximate surface area is 79.9 Å². The molecule has 3 heteroatoms. The van der Waals surface area contributed by atoms with E-state index in [0.29, 0.717) is 6.00 Å². The predicted octanol–water partition coefficient (Wildman–Crippen LogP) is 2.74. The number of alkyl halides is 1. The molecule has 60 valence electrons. The molecule has 11 heavy (non-hydrogen) atoms. The van der Waals surface area contributed by atoms with Crippen molar-refractivity contribution in [2.75, 3.05) is 6.00 Å². The molecule has 1 N–H and O–H groups in total. The van der Waals surface area contributed by atoms with Gasteiger partial charge < -0.3 is 0 Å². The van der Waals surface area contributed by atoms with Gasteiger partial charge in [0.25, 0.3) is 0 Å². The lowest BCUT2D eigenvalue weighted by Gasteiger charge is -1.99. The first-order valence-electron chi connectivity index (χ1n) is 3.34. The quantitative estimate of drug-likeness (QED) is 0.626. The van der Waals surface area contributed by atoms with Gasteiger partial charge in [-0.15, -0.1) is 11.6 Å². The third kappa shape index (κ3) is 3.23. The van der Waals surface area contributed by atoms with E-state index in [2.05, 4.69) is 33.4 Å². The van der Waals surface area contributed by atoms with Crippen LogP contribution in [0.5, 0.6) is 0 Å². The van der Waals surface area contributed by atoms with Crippen LogP contribution in [0.2, 0.25) is 0 Å². The second-order valence-corrected chi connectivity index (χ2v) is 3.37. The van der Waals surface area contributed by atoms with Crippen molar-refractivity contribution >= 4 is 27.5 Å². The van der Waals surface area contributed by atoms with E-state index in [1.165, 1.54) is 5.56 Å². The molecule has 0 atom stereocenters. The number of nitrogens with one attached hydrogen (secondary N) is 1. The van der Waals surface area contributed by atoms with E-state index in [0.717, 1.165) is 11.0 Å². The lowest BCUT2D eigenvalue weighted by molar-refractivity contribution is 0.791. The summed E-state index contributed by atoms with van der Waals surface area (Å²) >= 11 is 8.83. The Bertz CT molecular complexity index is 210. The molecule has 0 saturated heterocycles. The average Bonchev–Trinajstić information content (AvgIpc) is 2.04. The predicted molar refractivity (Wildman–Crippen MR) is 51.7 cm³/mol. The van der Waals surface area contributed by atoms with Crippen molar-refractivity contribution in [2.45, 2.75) is 6.54 Å². The number of benzene rings is 1. The van der Waals surface area contributed by atoms with Gasteiger partial charge in [-0.2, -0.15) is 0 Å². The van der Waals surface area contributed by atoms with E-state index >= 15 is 0 Å². The molecule has 0 aliphatic heterocycles. The molecule has 0 aliphatic rings. The van der Waals surface area contributed by atoms with E-state index in [4.69, 9.17) is 11.6 Å². The maximum atomic E-state index is 5.46. The summed E-state index contributed by atoms with van der Waals surface area (Å²) in [4.78, 5) is 0. The van der Waals surface area contributed by atoms with E-state index in [1.54, 1.807) is 0 Å². The Morgan fingerprint density at radius 3 is 2.45 bits per heavy atom. The Morgan fingerprint density at radius 1 is 1.27 bits per heavy atom. The van der Waals surface area contributed by atoms with Gasteiger partial charge in [-0.05, 0) is 17.7 Å². The SMILES string of the molecule is ClCNCc1ccc(Br)cc1. The standard InChI is InChI=1S/C8H9BrClN/c9-8-3-1-7(2-4-8)5-11-6-10/h1-4,11H,5-6H2. The lowest BCUT2D eigenvalue weighted by atomic mass is 10.2. The Morgan fingerprint density at radius 2 is 1.91 bits per heavy atom. The highest BCUT2D eigenvalue weighted by Crippen LogP contribution is 2.09. The molecule has 0 radical (unpaired) electrons. The monoisotopic (exact) mass is 233 g/mol. The summed E-state index contributed by atoms with van der Waals surface area (Å²) in [6.07, 6.45) is 0. The number of hydrogen-bond donors (Lipinski definition) is 1.